The summed E-state index contributed by atoms with van der Waals surface area (Å²) in [6.07, 6.45) is 2.71. The molecule has 2 heterocycles. The summed E-state index contributed by atoms with van der Waals surface area (Å²) in [5.74, 6) is 0.190. The minimum absolute atomic E-state index is 0.388. The van der Waals surface area contributed by atoms with E-state index in [2.05, 4.69) is 15.0 Å². The molecule has 0 atom stereocenters. The third-order valence-corrected chi connectivity index (χ3v) is 2.66. The fraction of sp³-hybridized carbons (Fsp3) is 0. The van der Waals surface area contributed by atoms with Crippen LogP contribution in [0.4, 0.5) is 4.39 Å². The lowest BCUT2D eigenvalue weighted by atomic mass is 10.3. The molecule has 0 unspecified atom stereocenters. The number of H-pyrrole nitrogens is 1. The summed E-state index contributed by atoms with van der Waals surface area (Å²) in [6, 6.07) is 6.73. The highest BCUT2D eigenvalue weighted by Crippen LogP contribution is 2.22. The predicted octanol–water partition coefficient (Wildman–Crippen LogP) is 3.42. The van der Waals surface area contributed by atoms with Crippen molar-refractivity contribution in [3.05, 3.63) is 47.5 Å². The van der Waals surface area contributed by atoms with Crippen LogP contribution in [0.5, 0.6) is 0 Å². The lowest BCUT2D eigenvalue weighted by Gasteiger charge is -1.94. The van der Waals surface area contributed by atoms with Crippen molar-refractivity contribution >= 4 is 22.6 Å². The van der Waals surface area contributed by atoms with E-state index in [1.165, 1.54) is 6.07 Å². The molecule has 1 N–H and O–H groups in total. The quantitative estimate of drug-likeness (QED) is 0.716. The molecule has 0 aliphatic rings. The Bertz CT molecular complexity index is 693. The van der Waals surface area contributed by atoms with Gasteiger partial charge in [0.15, 0.2) is 0 Å². The van der Waals surface area contributed by atoms with Crippen LogP contribution in [0, 0.1) is 5.82 Å². The van der Waals surface area contributed by atoms with E-state index in [9.17, 15) is 4.39 Å². The Morgan fingerprint density at radius 1 is 1.18 bits per heavy atom. The normalized spacial score (nSPS) is 10.9. The summed E-state index contributed by atoms with van der Waals surface area (Å²) in [5.41, 5.74) is 2.21. The third kappa shape index (κ3) is 1.87. The number of rotatable bonds is 1. The van der Waals surface area contributed by atoms with Crippen LogP contribution in [0.15, 0.2) is 36.7 Å². The summed E-state index contributed by atoms with van der Waals surface area (Å²) in [7, 11) is 0. The molecule has 0 amide bonds. The minimum atomic E-state index is -0.388. The molecule has 0 bridgehead atoms. The van der Waals surface area contributed by atoms with Gasteiger partial charge in [0.05, 0.1) is 17.2 Å². The van der Waals surface area contributed by atoms with Crippen LogP contribution < -0.4 is 0 Å². The van der Waals surface area contributed by atoms with E-state index in [1.807, 2.05) is 6.07 Å². The zero-order valence-electron chi connectivity index (χ0n) is 8.61. The molecule has 3 aromatic rings. The molecular formula is C12H7ClFN3. The van der Waals surface area contributed by atoms with Crippen molar-refractivity contribution in [2.45, 2.75) is 0 Å². The summed E-state index contributed by atoms with van der Waals surface area (Å²) in [5, 5.41) is 0.630. The molecular weight excluding hydrogens is 241 g/mol. The summed E-state index contributed by atoms with van der Waals surface area (Å²) < 4.78 is 13.0. The Morgan fingerprint density at radius 2 is 2.06 bits per heavy atom. The molecule has 84 valence electrons. The average molecular weight is 248 g/mol. The number of fused-ring (bicyclic) bond motifs is 1. The van der Waals surface area contributed by atoms with Crippen molar-refractivity contribution in [2.75, 3.05) is 0 Å². The topological polar surface area (TPSA) is 41.6 Å². The number of nitrogens with one attached hydrogen (secondary N) is 1. The van der Waals surface area contributed by atoms with E-state index in [0.717, 1.165) is 17.2 Å². The highest BCUT2D eigenvalue weighted by atomic mass is 35.5. The second-order valence-corrected chi connectivity index (χ2v) is 4.08. The van der Waals surface area contributed by atoms with Crippen molar-refractivity contribution in [3.63, 3.8) is 0 Å². The number of imidazole rings is 1. The molecule has 0 radical (unpaired) electrons. The Kier molecular flexibility index (Phi) is 2.30. The predicted molar refractivity (Wildman–Crippen MR) is 64.3 cm³/mol. The van der Waals surface area contributed by atoms with E-state index in [0.29, 0.717) is 16.4 Å². The number of hydrogen-bond donors (Lipinski definition) is 1. The van der Waals surface area contributed by atoms with E-state index in [1.54, 1.807) is 18.3 Å². The van der Waals surface area contributed by atoms with Gasteiger partial charge < -0.3 is 4.98 Å². The van der Waals surface area contributed by atoms with E-state index in [4.69, 9.17) is 11.6 Å². The van der Waals surface area contributed by atoms with Crippen LogP contribution in [0.3, 0.4) is 0 Å². The summed E-state index contributed by atoms with van der Waals surface area (Å²) in [6.45, 7) is 0. The monoisotopic (exact) mass is 247 g/mol. The van der Waals surface area contributed by atoms with Gasteiger partial charge in [-0.15, -0.1) is 0 Å². The number of hydrogen-bond acceptors (Lipinski definition) is 2. The molecule has 17 heavy (non-hydrogen) atoms. The van der Waals surface area contributed by atoms with E-state index >= 15 is 0 Å². The lowest BCUT2D eigenvalue weighted by molar-refractivity contribution is 0.622. The van der Waals surface area contributed by atoms with Crippen LogP contribution in [-0.2, 0) is 0 Å². The SMILES string of the molecule is Fc1cncc(-c2nc3ccc(Cl)cc3[nH]2)c1. The number of nitrogens with zero attached hydrogens (tertiary/aromatic N) is 2. The minimum Gasteiger partial charge on any atom is -0.338 e. The van der Waals surface area contributed by atoms with Gasteiger partial charge in [-0.2, -0.15) is 0 Å². The smallest absolute Gasteiger partial charge is 0.142 e. The first kappa shape index (κ1) is 10.2. The van der Waals surface area contributed by atoms with Gasteiger partial charge in [-0.25, -0.2) is 9.37 Å². The van der Waals surface area contributed by atoms with Crippen molar-refractivity contribution in [1.82, 2.24) is 15.0 Å². The van der Waals surface area contributed by atoms with Gasteiger partial charge in [0.1, 0.15) is 11.6 Å². The second kappa shape index (κ2) is 3.82. The van der Waals surface area contributed by atoms with Crippen LogP contribution in [-0.4, -0.2) is 15.0 Å². The van der Waals surface area contributed by atoms with Crippen molar-refractivity contribution in [2.24, 2.45) is 0 Å². The van der Waals surface area contributed by atoms with Crippen LogP contribution in [0.1, 0.15) is 0 Å². The molecule has 3 nitrogen and oxygen atoms in total. The number of pyridine rings is 1. The molecule has 0 aliphatic heterocycles. The van der Waals surface area contributed by atoms with Crippen LogP contribution in [0.2, 0.25) is 5.02 Å². The van der Waals surface area contributed by atoms with Gasteiger partial charge in [-0.05, 0) is 24.3 Å². The Hall–Kier alpha value is -1.94. The molecule has 1 aromatic carbocycles. The maximum atomic E-state index is 13.0. The third-order valence-electron chi connectivity index (χ3n) is 2.42. The average Bonchev–Trinajstić information content (AvgIpc) is 2.72. The fourth-order valence-corrected chi connectivity index (χ4v) is 1.83. The van der Waals surface area contributed by atoms with Crippen LogP contribution >= 0.6 is 11.6 Å². The molecule has 0 saturated carbocycles. The van der Waals surface area contributed by atoms with Gasteiger partial charge in [-0.3, -0.25) is 4.98 Å². The van der Waals surface area contributed by atoms with Crippen molar-refractivity contribution in [3.8, 4) is 11.4 Å². The zero-order valence-corrected chi connectivity index (χ0v) is 9.37. The van der Waals surface area contributed by atoms with E-state index in [-0.39, 0.29) is 5.82 Å². The Morgan fingerprint density at radius 3 is 2.88 bits per heavy atom. The van der Waals surface area contributed by atoms with Crippen molar-refractivity contribution in [1.29, 1.82) is 0 Å². The molecule has 3 rings (SSSR count). The second-order valence-electron chi connectivity index (χ2n) is 3.64. The maximum Gasteiger partial charge on any atom is 0.142 e. The zero-order chi connectivity index (χ0) is 11.8. The number of halogens is 2. The van der Waals surface area contributed by atoms with E-state index < -0.39 is 0 Å². The van der Waals surface area contributed by atoms with Crippen LogP contribution in [0.25, 0.3) is 22.4 Å². The number of benzene rings is 1. The summed E-state index contributed by atoms with van der Waals surface area (Å²) in [4.78, 5) is 11.2. The Labute approximate surface area is 101 Å². The molecule has 0 aliphatic carbocycles. The standard InChI is InChI=1S/C12H7ClFN3/c13-8-1-2-10-11(4-8)17-12(16-10)7-3-9(14)6-15-5-7/h1-6H,(H,16,17). The number of aromatic amines is 1. The molecule has 0 saturated heterocycles. The van der Waals surface area contributed by atoms with Gasteiger partial charge in [0, 0.05) is 16.8 Å². The van der Waals surface area contributed by atoms with Gasteiger partial charge in [-0.1, -0.05) is 11.6 Å². The lowest BCUT2D eigenvalue weighted by Crippen LogP contribution is -1.84. The maximum absolute atomic E-state index is 13.0. The van der Waals surface area contributed by atoms with Gasteiger partial charge in [0.2, 0.25) is 0 Å². The van der Waals surface area contributed by atoms with Gasteiger partial charge in [0.25, 0.3) is 0 Å². The molecule has 2 aromatic heterocycles. The first-order valence-electron chi connectivity index (χ1n) is 4.98. The largest absolute Gasteiger partial charge is 0.338 e. The molecule has 0 fully saturated rings. The number of aromatic nitrogens is 3. The summed E-state index contributed by atoms with van der Waals surface area (Å²) >= 11 is 5.88. The first-order chi connectivity index (χ1) is 8.22. The fourth-order valence-electron chi connectivity index (χ4n) is 1.66. The first-order valence-corrected chi connectivity index (χ1v) is 5.36. The Balaban J connectivity index is 2.18. The van der Waals surface area contributed by atoms with Crippen molar-refractivity contribution < 1.29 is 4.39 Å². The highest BCUT2D eigenvalue weighted by molar-refractivity contribution is 6.31. The van der Waals surface area contributed by atoms with Gasteiger partial charge >= 0.3 is 0 Å². The molecule has 0 spiro atoms. The molecule has 5 heteroatoms. The highest BCUT2D eigenvalue weighted by Gasteiger charge is 2.06.